The molecule has 1 aliphatic heterocycles. The third-order valence-electron chi connectivity index (χ3n) is 2.56. The van der Waals surface area contributed by atoms with E-state index < -0.39 is 24.2 Å². The van der Waals surface area contributed by atoms with Gasteiger partial charge in [0.15, 0.2) is 0 Å². The standard InChI is InChI=1S/C8H14F3N3O/c9-8(10,11)5-14-7(6(12)15)1-3-13-4-2-7/h13-14H,1-5H2,(H2,12,15). The molecular formula is C8H14F3N3O. The first kappa shape index (κ1) is 12.3. The van der Waals surface area contributed by atoms with Gasteiger partial charge in [0.25, 0.3) is 0 Å². The molecule has 1 heterocycles. The van der Waals surface area contributed by atoms with Crippen LogP contribution in [0.25, 0.3) is 0 Å². The van der Waals surface area contributed by atoms with Crippen LogP contribution in [-0.4, -0.2) is 37.3 Å². The third kappa shape index (κ3) is 3.35. The summed E-state index contributed by atoms with van der Waals surface area (Å²) in [5, 5.41) is 5.20. The summed E-state index contributed by atoms with van der Waals surface area (Å²) in [5.41, 5.74) is 3.93. The predicted octanol–water partition coefficient (Wildman–Crippen LogP) is -0.254. The molecule has 1 rings (SSSR count). The van der Waals surface area contributed by atoms with Crippen LogP contribution in [0.4, 0.5) is 13.2 Å². The maximum absolute atomic E-state index is 12.0. The Morgan fingerprint density at radius 1 is 1.40 bits per heavy atom. The zero-order valence-corrected chi connectivity index (χ0v) is 8.16. The summed E-state index contributed by atoms with van der Waals surface area (Å²) in [6.45, 7) is -0.197. The van der Waals surface area contributed by atoms with E-state index in [1.54, 1.807) is 0 Å². The van der Waals surface area contributed by atoms with E-state index in [1.165, 1.54) is 0 Å². The summed E-state index contributed by atoms with van der Waals surface area (Å²) in [5.74, 6) is -0.715. The zero-order valence-electron chi connectivity index (χ0n) is 8.16. The number of amides is 1. The quantitative estimate of drug-likeness (QED) is 0.620. The average molecular weight is 225 g/mol. The van der Waals surface area contributed by atoms with Crippen LogP contribution in [0, 0.1) is 0 Å². The molecule has 1 saturated heterocycles. The highest BCUT2D eigenvalue weighted by molar-refractivity contribution is 5.84. The van der Waals surface area contributed by atoms with Crippen molar-refractivity contribution in [1.82, 2.24) is 10.6 Å². The first-order valence-corrected chi connectivity index (χ1v) is 4.68. The van der Waals surface area contributed by atoms with Gasteiger partial charge in [0.05, 0.1) is 6.54 Å². The van der Waals surface area contributed by atoms with Crippen LogP contribution < -0.4 is 16.4 Å². The summed E-state index contributed by atoms with van der Waals surface area (Å²) < 4.78 is 36.0. The second-order valence-corrected chi connectivity index (χ2v) is 3.67. The third-order valence-corrected chi connectivity index (χ3v) is 2.56. The van der Waals surface area contributed by atoms with E-state index in [4.69, 9.17) is 5.73 Å². The largest absolute Gasteiger partial charge is 0.401 e. The molecule has 1 aliphatic rings. The lowest BCUT2D eigenvalue weighted by Gasteiger charge is -2.35. The van der Waals surface area contributed by atoms with E-state index >= 15 is 0 Å². The number of hydrogen-bond donors (Lipinski definition) is 3. The molecule has 15 heavy (non-hydrogen) atoms. The number of hydrogen-bond acceptors (Lipinski definition) is 3. The van der Waals surface area contributed by atoms with Crippen molar-refractivity contribution in [3.63, 3.8) is 0 Å². The number of carbonyl (C=O) groups is 1. The van der Waals surface area contributed by atoms with Gasteiger partial charge in [-0.15, -0.1) is 0 Å². The molecular weight excluding hydrogens is 211 g/mol. The maximum Gasteiger partial charge on any atom is 0.401 e. The molecule has 7 heteroatoms. The van der Waals surface area contributed by atoms with Gasteiger partial charge in [0, 0.05) is 0 Å². The first-order chi connectivity index (χ1) is 6.86. The smallest absolute Gasteiger partial charge is 0.368 e. The summed E-state index contributed by atoms with van der Waals surface area (Å²) in [6.07, 6.45) is -3.75. The Labute approximate surface area is 85.4 Å². The molecule has 0 aromatic rings. The summed E-state index contributed by atoms with van der Waals surface area (Å²) >= 11 is 0. The molecule has 1 fully saturated rings. The van der Waals surface area contributed by atoms with E-state index in [9.17, 15) is 18.0 Å². The highest BCUT2D eigenvalue weighted by Crippen LogP contribution is 2.21. The number of nitrogens with two attached hydrogens (primary N) is 1. The van der Waals surface area contributed by atoms with Crippen molar-refractivity contribution in [2.45, 2.75) is 24.6 Å². The van der Waals surface area contributed by atoms with Crippen molar-refractivity contribution in [1.29, 1.82) is 0 Å². The van der Waals surface area contributed by atoms with Gasteiger partial charge in [-0.25, -0.2) is 0 Å². The molecule has 0 radical (unpaired) electrons. The van der Waals surface area contributed by atoms with E-state index in [2.05, 4.69) is 10.6 Å². The minimum atomic E-state index is -4.33. The van der Waals surface area contributed by atoms with Gasteiger partial charge < -0.3 is 11.1 Å². The van der Waals surface area contributed by atoms with Crippen molar-refractivity contribution in [3.8, 4) is 0 Å². The van der Waals surface area contributed by atoms with Gasteiger partial charge in [-0.3, -0.25) is 10.1 Å². The molecule has 0 aromatic heterocycles. The van der Waals surface area contributed by atoms with Gasteiger partial charge in [-0.2, -0.15) is 13.2 Å². The highest BCUT2D eigenvalue weighted by Gasteiger charge is 2.40. The predicted molar refractivity (Wildman–Crippen MR) is 48.1 cm³/mol. The Bertz CT molecular complexity index is 236. The normalized spacial score (nSPS) is 21.3. The molecule has 0 aromatic carbocycles. The number of carbonyl (C=O) groups excluding carboxylic acids is 1. The SMILES string of the molecule is NC(=O)C1(NCC(F)(F)F)CCNCC1. The van der Waals surface area contributed by atoms with Gasteiger partial charge in [-0.05, 0) is 25.9 Å². The lowest BCUT2D eigenvalue weighted by molar-refractivity contribution is -0.137. The minimum absolute atomic E-state index is 0.290. The van der Waals surface area contributed by atoms with Crippen LogP contribution in [0.1, 0.15) is 12.8 Å². The van der Waals surface area contributed by atoms with E-state index in [-0.39, 0.29) is 0 Å². The zero-order chi connectivity index (χ0) is 11.5. The van der Waals surface area contributed by atoms with Gasteiger partial charge in [0.2, 0.25) is 5.91 Å². The van der Waals surface area contributed by atoms with E-state index in [0.717, 1.165) is 0 Å². The topological polar surface area (TPSA) is 67.2 Å². The van der Waals surface area contributed by atoms with Crippen molar-refractivity contribution < 1.29 is 18.0 Å². The first-order valence-electron chi connectivity index (χ1n) is 4.68. The Morgan fingerprint density at radius 2 is 1.93 bits per heavy atom. The van der Waals surface area contributed by atoms with Gasteiger partial charge in [-0.1, -0.05) is 0 Å². The average Bonchev–Trinajstić information content (AvgIpc) is 2.15. The Kier molecular flexibility index (Phi) is 3.56. The van der Waals surface area contributed by atoms with Crippen LogP contribution >= 0.6 is 0 Å². The second-order valence-electron chi connectivity index (χ2n) is 3.67. The maximum atomic E-state index is 12.0. The number of halogens is 3. The van der Waals surface area contributed by atoms with Crippen LogP contribution in [0.5, 0.6) is 0 Å². The molecule has 1 amide bonds. The number of nitrogens with one attached hydrogen (secondary N) is 2. The Hall–Kier alpha value is -0.820. The lowest BCUT2D eigenvalue weighted by Crippen LogP contribution is -2.61. The summed E-state index contributed by atoms with van der Waals surface area (Å²) in [6, 6.07) is 0. The monoisotopic (exact) mass is 225 g/mol. The van der Waals surface area contributed by atoms with Gasteiger partial charge >= 0.3 is 6.18 Å². The van der Waals surface area contributed by atoms with Crippen LogP contribution in [0.3, 0.4) is 0 Å². The number of alkyl halides is 3. The fourth-order valence-corrected chi connectivity index (χ4v) is 1.63. The molecule has 0 spiro atoms. The summed E-state index contributed by atoms with van der Waals surface area (Å²) in [7, 11) is 0. The van der Waals surface area contributed by atoms with Crippen LogP contribution in [-0.2, 0) is 4.79 Å². The van der Waals surface area contributed by atoms with E-state index in [0.29, 0.717) is 25.9 Å². The molecule has 4 nitrogen and oxygen atoms in total. The molecule has 0 unspecified atom stereocenters. The van der Waals surface area contributed by atoms with Crippen molar-refractivity contribution in [2.24, 2.45) is 5.73 Å². The number of primary amides is 1. The van der Waals surface area contributed by atoms with E-state index in [1.807, 2.05) is 0 Å². The lowest BCUT2D eigenvalue weighted by atomic mass is 9.87. The fraction of sp³-hybridized carbons (Fsp3) is 0.875. The highest BCUT2D eigenvalue weighted by atomic mass is 19.4. The molecule has 0 atom stereocenters. The Morgan fingerprint density at radius 3 is 2.33 bits per heavy atom. The van der Waals surface area contributed by atoms with Crippen molar-refractivity contribution >= 4 is 5.91 Å². The number of piperidine rings is 1. The fourth-order valence-electron chi connectivity index (χ4n) is 1.63. The Balaban J connectivity index is 2.61. The molecule has 0 aliphatic carbocycles. The summed E-state index contributed by atoms with van der Waals surface area (Å²) in [4.78, 5) is 11.2. The van der Waals surface area contributed by atoms with Crippen molar-refractivity contribution in [3.05, 3.63) is 0 Å². The van der Waals surface area contributed by atoms with Gasteiger partial charge in [0.1, 0.15) is 5.54 Å². The molecule has 0 saturated carbocycles. The number of rotatable bonds is 3. The van der Waals surface area contributed by atoms with Crippen LogP contribution in [0.2, 0.25) is 0 Å². The minimum Gasteiger partial charge on any atom is -0.368 e. The molecule has 4 N–H and O–H groups in total. The van der Waals surface area contributed by atoms with Crippen LogP contribution in [0.15, 0.2) is 0 Å². The second kappa shape index (κ2) is 4.36. The van der Waals surface area contributed by atoms with Crippen molar-refractivity contribution in [2.75, 3.05) is 19.6 Å². The molecule has 0 bridgehead atoms. The molecule has 88 valence electrons.